The Hall–Kier alpha value is -1.76. The number of halogens is 3. The zero-order valence-corrected chi connectivity index (χ0v) is 13.6. The van der Waals surface area contributed by atoms with Crippen molar-refractivity contribution in [2.24, 2.45) is 5.92 Å². The molecule has 1 aliphatic rings. The van der Waals surface area contributed by atoms with E-state index in [4.69, 9.17) is 5.11 Å². The fraction of sp³-hybridized carbons (Fsp3) is 0.588. The highest BCUT2D eigenvalue weighted by molar-refractivity contribution is 5.95. The van der Waals surface area contributed by atoms with E-state index in [1.54, 1.807) is 29.2 Å². The maximum atomic E-state index is 12.5. The SMILES string of the molecule is CC(CC(F)(F)F)Nc1cccc(C(=O)N2CCC(CO)CC2)c1. The van der Waals surface area contributed by atoms with Crippen molar-refractivity contribution in [3.63, 3.8) is 0 Å². The molecule has 0 aliphatic carbocycles. The molecule has 1 aliphatic heterocycles. The van der Waals surface area contributed by atoms with Crippen molar-refractivity contribution in [3.8, 4) is 0 Å². The maximum Gasteiger partial charge on any atom is 0.391 e. The third-order valence-corrected chi connectivity index (χ3v) is 4.22. The van der Waals surface area contributed by atoms with Crippen LogP contribution in [-0.2, 0) is 0 Å². The molecule has 0 radical (unpaired) electrons. The number of aliphatic hydroxyl groups excluding tert-OH is 1. The normalized spacial score (nSPS) is 17.6. The van der Waals surface area contributed by atoms with Crippen molar-refractivity contribution >= 4 is 11.6 Å². The molecule has 0 spiro atoms. The Morgan fingerprint density at radius 3 is 2.62 bits per heavy atom. The summed E-state index contributed by atoms with van der Waals surface area (Å²) in [7, 11) is 0. The summed E-state index contributed by atoms with van der Waals surface area (Å²) in [5, 5.41) is 11.9. The molecule has 4 nitrogen and oxygen atoms in total. The molecule has 1 saturated heterocycles. The van der Waals surface area contributed by atoms with Crippen LogP contribution in [0.1, 0.15) is 36.5 Å². The van der Waals surface area contributed by atoms with Gasteiger partial charge in [-0.15, -0.1) is 0 Å². The second kappa shape index (κ2) is 7.88. The van der Waals surface area contributed by atoms with Gasteiger partial charge in [0, 0.05) is 37.0 Å². The summed E-state index contributed by atoms with van der Waals surface area (Å²) in [4.78, 5) is 14.2. The Morgan fingerprint density at radius 2 is 2.04 bits per heavy atom. The first-order valence-corrected chi connectivity index (χ1v) is 8.12. The average Bonchev–Trinajstić information content (AvgIpc) is 2.52. The Bertz CT molecular complexity index is 555. The van der Waals surface area contributed by atoms with Crippen LogP contribution < -0.4 is 5.32 Å². The van der Waals surface area contributed by atoms with Crippen LogP contribution in [0.5, 0.6) is 0 Å². The summed E-state index contributed by atoms with van der Waals surface area (Å²) in [6.45, 7) is 2.78. The van der Waals surface area contributed by atoms with E-state index in [-0.39, 0.29) is 18.4 Å². The summed E-state index contributed by atoms with van der Waals surface area (Å²) in [5.74, 6) is 0.115. The van der Waals surface area contributed by atoms with E-state index < -0.39 is 18.6 Å². The number of hydrogen-bond acceptors (Lipinski definition) is 3. The minimum Gasteiger partial charge on any atom is -0.396 e. The molecule has 0 bridgehead atoms. The van der Waals surface area contributed by atoms with E-state index in [1.807, 2.05) is 0 Å². The lowest BCUT2D eigenvalue weighted by Gasteiger charge is -2.31. The lowest BCUT2D eigenvalue weighted by Crippen LogP contribution is -2.39. The molecule has 2 rings (SSSR count). The Balaban J connectivity index is 1.98. The first-order chi connectivity index (χ1) is 11.3. The Morgan fingerprint density at radius 1 is 1.38 bits per heavy atom. The number of nitrogens with one attached hydrogen (secondary N) is 1. The predicted molar refractivity (Wildman–Crippen MR) is 85.9 cm³/mol. The molecule has 1 heterocycles. The zero-order valence-electron chi connectivity index (χ0n) is 13.6. The molecule has 1 aromatic rings. The van der Waals surface area contributed by atoms with Gasteiger partial charge in [-0.1, -0.05) is 6.07 Å². The van der Waals surface area contributed by atoms with E-state index in [2.05, 4.69) is 5.32 Å². The van der Waals surface area contributed by atoms with Crippen LogP contribution in [0.4, 0.5) is 18.9 Å². The number of anilines is 1. The molecule has 1 atom stereocenters. The minimum atomic E-state index is -4.23. The molecule has 7 heteroatoms. The van der Waals surface area contributed by atoms with Crippen LogP contribution in [0.25, 0.3) is 0 Å². The van der Waals surface area contributed by atoms with Crippen LogP contribution in [0.3, 0.4) is 0 Å². The molecule has 134 valence electrons. The molecule has 1 amide bonds. The largest absolute Gasteiger partial charge is 0.396 e. The molecule has 0 aromatic heterocycles. The van der Waals surface area contributed by atoms with Crippen LogP contribution in [0.15, 0.2) is 24.3 Å². The first-order valence-electron chi connectivity index (χ1n) is 8.12. The van der Waals surface area contributed by atoms with Gasteiger partial charge in [-0.2, -0.15) is 13.2 Å². The van der Waals surface area contributed by atoms with Crippen molar-refractivity contribution in [1.82, 2.24) is 4.90 Å². The lowest BCUT2D eigenvalue weighted by molar-refractivity contribution is -0.136. The van der Waals surface area contributed by atoms with E-state index >= 15 is 0 Å². The van der Waals surface area contributed by atoms with Gasteiger partial charge in [0.2, 0.25) is 0 Å². The zero-order chi connectivity index (χ0) is 17.7. The van der Waals surface area contributed by atoms with Crippen LogP contribution in [-0.4, -0.2) is 47.8 Å². The van der Waals surface area contributed by atoms with Crippen LogP contribution in [0.2, 0.25) is 0 Å². The van der Waals surface area contributed by atoms with Gasteiger partial charge in [0.15, 0.2) is 0 Å². The van der Waals surface area contributed by atoms with Crippen LogP contribution >= 0.6 is 0 Å². The molecule has 1 fully saturated rings. The second-order valence-corrected chi connectivity index (χ2v) is 6.36. The van der Waals surface area contributed by atoms with E-state index in [1.165, 1.54) is 6.92 Å². The molecule has 0 saturated carbocycles. The molecular formula is C17H23F3N2O2. The predicted octanol–water partition coefficient (Wildman–Crippen LogP) is 3.28. The highest BCUT2D eigenvalue weighted by atomic mass is 19.4. The van der Waals surface area contributed by atoms with Gasteiger partial charge in [0.25, 0.3) is 5.91 Å². The summed E-state index contributed by atoms with van der Waals surface area (Å²) < 4.78 is 37.2. The number of piperidine rings is 1. The third kappa shape index (κ3) is 5.40. The fourth-order valence-corrected chi connectivity index (χ4v) is 2.93. The lowest BCUT2D eigenvalue weighted by atomic mass is 9.97. The number of likely N-dealkylation sites (tertiary alicyclic amines) is 1. The standard InChI is InChI=1S/C17H23F3N2O2/c1-12(10-17(18,19)20)21-15-4-2-3-14(9-15)16(24)22-7-5-13(11-23)6-8-22/h2-4,9,12-13,21,23H,5-8,10-11H2,1H3. The summed E-state index contributed by atoms with van der Waals surface area (Å²) in [6, 6.07) is 5.81. The molecular weight excluding hydrogens is 321 g/mol. The summed E-state index contributed by atoms with van der Waals surface area (Å²) >= 11 is 0. The number of carbonyl (C=O) groups excluding carboxylic acids is 1. The molecule has 24 heavy (non-hydrogen) atoms. The van der Waals surface area contributed by atoms with Gasteiger partial charge < -0.3 is 15.3 Å². The van der Waals surface area contributed by atoms with Crippen molar-refractivity contribution in [2.75, 3.05) is 25.0 Å². The number of nitrogens with zero attached hydrogens (tertiary/aromatic N) is 1. The van der Waals surface area contributed by atoms with Crippen molar-refractivity contribution < 1.29 is 23.1 Å². The van der Waals surface area contributed by atoms with E-state index in [0.717, 1.165) is 12.8 Å². The number of hydrogen-bond donors (Lipinski definition) is 2. The summed E-state index contributed by atoms with van der Waals surface area (Å²) in [6.07, 6.45) is -3.62. The smallest absolute Gasteiger partial charge is 0.391 e. The molecule has 1 unspecified atom stereocenters. The summed E-state index contributed by atoms with van der Waals surface area (Å²) in [5.41, 5.74) is 0.963. The van der Waals surface area contributed by atoms with Gasteiger partial charge in [-0.3, -0.25) is 4.79 Å². The highest BCUT2D eigenvalue weighted by Gasteiger charge is 2.30. The van der Waals surface area contributed by atoms with Crippen LogP contribution in [0, 0.1) is 5.92 Å². The fourth-order valence-electron chi connectivity index (χ4n) is 2.93. The van der Waals surface area contributed by atoms with Gasteiger partial charge >= 0.3 is 6.18 Å². The maximum absolute atomic E-state index is 12.5. The van der Waals surface area contributed by atoms with Crippen molar-refractivity contribution in [3.05, 3.63) is 29.8 Å². The van der Waals surface area contributed by atoms with Gasteiger partial charge in [-0.25, -0.2) is 0 Å². The third-order valence-electron chi connectivity index (χ3n) is 4.22. The molecule has 2 N–H and O–H groups in total. The van der Waals surface area contributed by atoms with E-state index in [0.29, 0.717) is 24.3 Å². The van der Waals surface area contributed by atoms with Crippen molar-refractivity contribution in [2.45, 2.75) is 38.4 Å². The number of alkyl halides is 3. The topological polar surface area (TPSA) is 52.6 Å². The van der Waals surface area contributed by atoms with Crippen molar-refractivity contribution in [1.29, 1.82) is 0 Å². The average molecular weight is 344 g/mol. The number of aliphatic hydroxyl groups is 1. The quantitative estimate of drug-likeness (QED) is 0.862. The highest BCUT2D eigenvalue weighted by Crippen LogP contribution is 2.24. The number of amides is 1. The van der Waals surface area contributed by atoms with Gasteiger partial charge in [-0.05, 0) is 43.9 Å². The van der Waals surface area contributed by atoms with Gasteiger partial charge in [0.05, 0.1) is 6.42 Å². The van der Waals surface area contributed by atoms with Gasteiger partial charge in [0.1, 0.15) is 0 Å². The number of benzene rings is 1. The Labute approximate surface area is 139 Å². The monoisotopic (exact) mass is 344 g/mol. The van der Waals surface area contributed by atoms with E-state index in [9.17, 15) is 18.0 Å². The number of carbonyl (C=O) groups is 1. The minimum absolute atomic E-state index is 0.126. The number of rotatable bonds is 5. The Kier molecular flexibility index (Phi) is 6.10. The molecule has 1 aromatic carbocycles. The first kappa shape index (κ1) is 18.6. The second-order valence-electron chi connectivity index (χ2n) is 6.36.